The third-order valence-corrected chi connectivity index (χ3v) is 4.44. The van der Waals surface area contributed by atoms with Gasteiger partial charge < -0.3 is 10.4 Å². The molecule has 0 fully saturated rings. The minimum Gasteiger partial charge on any atom is -0.478 e. The van der Waals surface area contributed by atoms with E-state index in [9.17, 15) is 13.8 Å². The predicted octanol–water partition coefficient (Wildman–Crippen LogP) is 2.93. The van der Waals surface area contributed by atoms with Crippen molar-refractivity contribution >= 4 is 40.0 Å². The average molecular weight is 352 g/mol. The molecule has 2 aromatic carbocycles. The lowest BCUT2D eigenvalue weighted by Crippen LogP contribution is -2.20. The summed E-state index contributed by atoms with van der Waals surface area (Å²) < 4.78 is 12.0. The minimum atomic E-state index is -1.34. The van der Waals surface area contributed by atoms with Crippen molar-refractivity contribution in [1.29, 1.82) is 0 Å². The summed E-state index contributed by atoms with van der Waals surface area (Å²) in [4.78, 5) is 22.6. The average Bonchev–Trinajstić information content (AvgIpc) is 2.50. The first-order valence-corrected chi connectivity index (χ1v) is 8.53. The molecule has 0 radical (unpaired) electrons. The van der Waals surface area contributed by atoms with E-state index in [1.807, 2.05) is 0 Å². The molecule has 5 nitrogen and oxygen atoms in total. The maximum atomic E-state index is 12.0. The van der Waals surface area contributed by atoms with Crippen molar-refractivity contribution in [2.45, 2.75) is 5.75 Å². The molecule has 0 saturated carbocycles. The largest absolute Gasteiger partial charge is 0.478 e. The Kier molecular flexibility index (Phi) is 5.90. The molecule has 0 bridgehead atoms. The van der Waals surface area contributed by atoms with Crippen LogP contribution < -0.4 is 5.32 Å². The van der Waals surface area contributed by atoms with E-state index in [0.29, 0.717) is 10.7 Å². The number of amides is 1. The molecule has 0 aliphatic carbocycles. The van der Waals surface area contributed by atoms with E-state index in [-0.39, 0.29) is 23.0 Å². The Morgan fingerprint density at radius 1 is 1.04 bits per heavy atom. The summed E-state index contributed by atoms with van der Waals surface area (Å²) in [5.74, 6) is -1.29. The third-order valence-electron chi connectivity index (χ3n) is 2.95. The lowest BCUT2D eigenvalue weighted by atomic mass is 10.2. The van der Waals surface area contributed by atoms with E-state index in [2.05, 4.69) is 5.32 Å². The van der Waals surface area contributed by atoms with Gasteiger partial charge in [-0.3, -0.25) is 9.00 Å². The van der Waals surface area contributed by atoms with E-state index in [4.69, 9.17) is 16.7 Å². The van der Waals surface area contributed by atoms with Crippen molar-refractivity contribution in [3.8, 4) is 0 Å². The number of carboxylic acid groups (broad SMARTS) is 1. The molecule has 1 atom stereocenters. The number of aromatic carboxylic acids is 1. The molecule has 23 heavy (non-hydrogen) atoms. The van der Waals surface area contributed by atoms with Crippen molar-refractivity contribution in [2.24, 2.45) is 0 Å². The van der Waals surface area contributed by atoms with Crippen LogP contribution in [0.3, 0.4) is 0 Å². The van der Waals surface area contributed by atoms with Gasteiger partial charge in [-0.1, -0.05) is 23.7 Å². The fourth-order valence-electron chi connectivity index (χ4n) is 1.86. The molecule has 120 valence electrons. The van der Waals surface area contributed by atoms with Crippen LogP contribution in [0.2, 0.25) is 5.02 Å². The monoisotopic (exact) mass is 351 g/mol. The summed E-state index contributed by atoms with van der Waals surface area (Å²) in [6, 6.07) is 12.7. The smallest absolute Gasteiger partial charge is 0.335 e. The SMILES string of the molecule is O=C(CS(=O)Cc1ccc(Cl)cc1)Nc1ccc(C(=O)O)cc1. The maximum Gasteiger partial charge on any atom is 0.335 e. The third kappa shape index (κ3) is 5.50. The first-order chi connectivity index (χ1) is 10.9. The van der Waals surface area contributed by atoms with Crippen molar-refractivity contribution in [3.05, 3.63) is 64.7 Å². The van der Waals surface area contributed by atoms with Crippen molar-refractivity contribution in [3.63, 3.8) is 0 Å². The number of rotatable bonds is 6. The highest BCUT2D eigenvalue weighted by Crippen LogP contribution is 2.12. The topological polar surface area (TPSA) is 83.5 Å². The van der Waals surface area contributed by atoms with E-state index in [1.165, 1.54) is 24.3 Å². The molecule has 1 unspecified atom stereocenters. The Hall–Kier alpha value is -2.18. The van der Waals surface area contributed by atoms with Gasteiger partial charge in [0, 0.05) is 27.3 Å². The quantitative estimate of drug-likeness (QED) is 0.838. The van der Waals surface area contributed by atoms with Crippen LogP contribution >= 0.6 is 11.6 Å². The van der Waals surface area contributed by atoms with Gasteiger partial charge in [-0.15, -0.1) is 0 Å². The van der Waals surface area contributed by atoms with Gasteiger partial charge in [-0.2, -0.15) is 0 Å². The lowest BCUT2D eigenvalue weighted by Gasteiger charge is -2.06. The van der Waals surface area contributed by atoms with Crippen LogP contribution in [-0.4, -0.2) is 26.9 Å². The molecule has 0 aliphatic rings. The highest BCUT2D eigenvalue weighted by Gasteiger charge is 2.10. The molecule has 2 N–H and O–H groups in total. The van der Waals surface area contributed by atoms with Gasteiger partial charge >= 0.3 is 5.97 Å². The second-order valence-corrected chi connectivity index (χ2v) is 6.68. The normalized spacial score (nSPS) is 11.7. The van der Waals surface area contributed by atoms with Gasteiger partial charge in [0.25, 0.3) is 0 Å². The van der Waals surface area contributed by atoms with Crippen molar-refractivity contribution in [2.75, 3.05) is 11.1 Å². The summed E-state index contributed by atoms with van der Waals surface area (Å²) in [6.07, 6.45) is 0. The van der Waals surface area contributed by atoms with Crippen LogP contribution in [0, 0.1) is 0 Å². The summed E-state index contributed by atoms with van der Waals surface area (Å²) in [6.45, 7) is 0. The van der Waals surface area contributed by atoms with Crippen LogP contribution in [0.5, 0.6) is 0 Å². The van der Waals surface area contributed by atoms with Gasteiger partial charge in [-0.05, 0) is 42.0 Å². The van der Waals surface area contributed by atoms with Crippen molar-refractivity contribution in [1.82, 2.24) is 0 Å². The Bertz CT molecular complexity index is 729. The summed E-state index contributed by atoms with van der Waals surface area (Å²) in [5.41, 5.74) is 1.43. The van der Waals surface area contributed by atoms with Gasteiger partial charge in [0.1, 0.15) is 5.75 Å². The molecule has 0 aromatic heterocycles. The number of carbonyl (C=O) groups is 2. The molecule has 2 aromatic rings. The number of nitrogens with one attached hydrogen (secondary N) is 1. The van der Waals surface area contributed by atoms with Crippen molar-refractivity contribution < 1.29 is 18.9 Å². The van der Waals surface area contributed by atoms with Crippen LogP contribution in [0.15, 0.2) is 48.5 Å². The molecular formula is C16H14ClNO4S. The Balaban J connectivity index is 1.87. The maximum absolute atomic E-state index is 12.0. The van der Waals surface area contributed by atoms with E-state index < -0.39 is 16.8 Å². The molecular weight excluding hydrogens is 338 g/mol. The molecule has 0 aliphatic heterocycles. The predicted molar refractivity (Wildman–Crippen MR) is 90.2 cm³/mol. The minimum absolute atomic E-state index is 0.134. The number of benzene rings is 2. The molecule has 2 rings (SSSR count). The molecule has 0 heterocycles. The van der Waals surface area contributed by atoms with Crippen LogP contribution in [0.4, 0.5) is 5.69 Å². The van der Waals surface area contributed by atoms with E-state index in [1.54, 1.807) is 24.3 Å². The number of carboxylic acids is 1. The molecule has 7 heteroatoms. The Morgan fingerprint density at radius 2 is 1.65 bits per heavy atom. The van der Waals surface area contributed by atoms with E-state index >= 15 is 0 Å². The van der Waals surface area contributed by atoms with Gasteiger partial charge in [0.05, 0.1) is 5.56 Å². The molecule has 0 spiro atoms. The standard InChI is InChI=1S/C16H14ClNO4S/c17-13-5-1-11(2-6-13)9-23(22)10-15(19)18-14-7-3-12(4-8-14)16(20)21/h1-8H,9-10H2,(H,18,19)(H,20,21). The molecule has 1 amide bonds. The van der Waals surface area contributed by atoms with Gasteiger partial charge in [0.2, 0.25) is 5.91 Å². The zero-order chi connectivity index (χ0) is 16.8. The fraction of sp³-hybridized carbons (Fsp3) is 0.125. The zero-order valence-corrected chi connectivity index (χ0v) is 13.6. The molecule has 0 saturated heterocycles. The van der Waals surface area contributed by atoms with Gasteiger partial charge in [-0.25, -0.2) is 4.79 Å². The summed E-state index contributed by atoms with van der Waals surface area (Å²) in [5, 5.41) is 12.0. The number of hydrogen-bond acceptors (Lipinski definition) is 3. The highest BCUT2D eigenvalue weighted by atomic mass is 35.5. The van der Waals surface area contributed by atoms with Crippen LogP contribution in [0.25, 0.3) is 0 Å². The number of hydrogen-bond donors (Lipinski definition) is 2. The van der Waals surface area contributed by atoms with Gasteiger partial charge in [0.15, 0.2) is 0 Å². The Morgan fingerprint density at radius 3 is 2.22 bits per heavy atom. The zero-order valence-electron chi connectivity index (χ0n) is 12.0. The number of carbonyl (C=O) groups excluding carboxylic acids is 1. The van der Waals surface area contributed by atoms with E-state index in [0.717, 1.165) is 5.56 Å². The first kappa shape index (κ1) is 17.2. The second-order valence-electron chi connectivity index (χ2n) is 4.79. The summed E-state index contributed by atoms with van der Waals surface area (Å²) >= 11 is 5.78. The first-order valence-electron chi connectivity index (χ1n) is 6.66. The Labute approximate surface area is 140 Å². The second kappa shape index (κ2) is 7.89. The number of anilines is 1. The fourth-order valence-corrected chi connectivity index (χ4v) is 3.01. The lowest BCUT2D eigenvalue weighted by molar-refractivity contribution is -0.113. The summed E-state index contributed by atoms with van der Waals surface area (Å²) in [7, 11) is -1.34. The van der Waals surface area contributed by atoms with Crippen LogP contribution in [0.1, 0.15) is 15.9 Å². The highest BCUT2D eigenvalue weighted by molar-refractivity contribution is 7.84. The number of halogens is 1. The van der Waals surface area contributed by atoms with Crippen LogP contribution in [-0.2, 0) is 21.3 Å².